The Morgan fingerprint density at radius 2 is 1.71 bits per heavy atom. The van der Waals surface area contributed by atoms with E-state index in [-0.39, 0.29) is 18.6 Å². The maximum absolute atomic E-state index is 11.5. The highest BCUT2D eigenvalue weighted by atomic mass is 16.5. The molecule has 0 saturated carbocycles. The van der Waals surface area contributed by atoms with E-state index >= 15 is 0 Å². The van der Waals surface area contributed by atoms with Crippen LogP contribution in [0, 0.1) is 5.92 Å². The Hall–Kier alpha value is -2.96. The quantitative estimate of drug-likeness (QED) is 0.371. The topological polar surface area (TPSA) is 93.1 Å². The summed E-state index contributed by atoms with van der Waals surface area (Å²) in [7, 11) is 1.29. The van der Waals surface area contributed by atoms with Crippen molar-refractivity contribution in [2.45, 2.75) is 19.1 Å². The summed E-state index contributed by atoms with van der Waals surface area (Å²) in [5, 5.41) is 20.0. The minimum atomic E-state index is -1.17. The molecule has 0 aliphatic carbocycles. The van der Waals surface area contributed by atoms with Crippen molar-refractivity contribution in [1.82, 2.24) is 0 Å². The number of aliphatic hydroxyl groups excluding tert-OH is 1. The van der Waals surface area contributed by atoms with Crippen LogP contribution in [0.25, 0.3) is 0 Å². The Kier molecular flexibility index (Phi) is 7.92. The van der Waals surface area contributed by atoms with Crippen LogP contribution in [0.3, 0.4) is 0 Å². The summed E-state index contributed by atoms with van der Waals surface area (Å²) in [4.78, 5) is 22.9. The SMILES string of the molecule is C=C(C(=O)O)[C@@H](CCOCc1ccccc1)[C@H](O)c1ccc(C(=O)OC)cc1. The Bertz CT molecular complexity index is 798. The molecule has 6 heteroatoms. The number of rotatable bonds is 10. The molecule has 0 radical (unpaired) electrons. The summed E-state index contributed by atoms with van der Waals surface area (Å²) in [6.45, 7) is 4.27. The van der Waals surface area contributed by atoms with Crippen LogP contribution in [0.2, 0.25) is 0 Å². The molecule has 2 atom stereocenters. The highest BCUT2D eigenvalue weighted by Gasteiger charge is 2.27. The molecule has 2 aromatic rings. The van der Waals surface area contributed by atoms with Crippen molar-refractivity contribution in [2.24, 2.45) is 5.92 Å². The Morgan fingerprint density at radius 3 is 2.29 bits per heavy atom. The molecule has 0 bridgehead atoms. The fourth-order valence-electron chi connectivity index (χ4n) is 2.82. The number of carbonyl (C=O) groups excluding carboxylic acids is 1. The number of benzene rings is 2. The lowest BCUT2D eigenvalue weighted by Crippen LogP contribution is -2.21. The number of hydrogen-bond acceptors (Lipinski definition) is 5. The first-order valence-electron chi connectivity index (χ1n) is 8.84. The molecule has 2 N–H and O–H groups in total. The van der Waals surface area contributed by atoms with Crippen LogP contribution in [0.15, 0.2) is 66.7 Å². The highest BCUT2D eigenvalue weighted by molar-refractivity contribution is 5.89. The molecular formula is C22H24O6. The molecule has 0 amide bonds. The number of ether oxygens (including phenoxy) is 2. The number of carboxylic acid groups (broad SMARTS) is 1. The highest BCUT2D eigenvalue weighted by Crippen LogP contribution is 2.30. The fraction of sp³-hybridized carbons (Fsp3) is 0.273. The van der Waals surface area contributed by atoms with Gasteiger partial charge in [-0.05, 0) is 29.7 Å². The molecule has 0 fully saturated rings. The first-order chi connectivity index (χ1) is 13.4. The summed E-state index contributed by atoms with van der Waals surface area (Å²) in [5.74, 6) is -2.38. The van der Waals surface area contributed by atoms with E-state index in [2.05, 4.69) is 11.3 Å². The molecule has 148 valence electrons. The molecule has 0 unspecified atom stereocenters. The van der Waals surface area contributed by atoms with Gasteiger partial charge in [-0.25, -0.2) is 9.59 Å². The van der Waals surface area contributed by atoms with Gasteiger partial charge in [-0.2, -0.15) is 0 Å². The first-order valence-corrected chi connectivity index (χ1v) is 8.84. The Morgan fingerprint density at radius 1 is 1.07 bits per heavy atom. The van der Waals surface area contributed by atoms with Crippen LogP contribution in [0.4, 0.5) is 0 Å². The average Bonchev–Trinajstić information content (AvgIpc) is 2.73. The molecule has 28 heavy (non-hydrogen) atoms. The Labute approximate surface area is 164 Å². The number of aliphatic hydroxyl groups is 1. The maximum atomic E-state index is 11.5. The predicted molar refractivity (Wildman–Crippen MR) is 104 cm³/mol. The van der Waals surface area contributed by atoms with Gasteiger partial charge in [-0.15, -0.1) is 0 Å². The third-order valence-corrected chi connectivity index (χ3v) is 4.46. The largest absolute Gasteiger partial charge is 0.478 e. The number of aliphatic carboxylic acids is 1. The molecule has 2 aromatic carbocycles. The number of esters is 1. The number of hydrogen-bond donors (Lipinski definition) is 2. The van der Waals surface area contributed by atoms with Crippen LogP contribution < -0.4 is 0 Å². The van der Waals surface area contributed by atoms with Crippen molar-refractivity contribution in [2.75, 3.05) is 13.7 Å². The van der Waals surface area contributed by atoms with Gasteiger partial charge in [-0.3, -0.25) is 0 Å². The molecule has 6 nitrogen and oxygen atoms in total. The van der Waals surface area contributed by atoms with Gasteiger partial charge >= 0.3 is 11.9 Å². The Balaban J connectivity index is 2.03. The van der Waals surface area contributed by atoms with Crippen LogP contribution in [0.5, 0.6) is 0 Å². The predicted octanol–water partition coefficient (Wildman–Crippen LogP) is 3.37. The summed E-state index contributed by atoms with van der Waals surface area (Å²) in [6.07, 6.45) is -0.798. The molecule has 2 rings (SSSR count). The van der Waals surface area contributed by atoms with Crippen molar-refractivity contribution >= 4 is 11.9 Å². The van der Waals surface area contributed by atoms with Gasteiger partial charge in [0.05, 0.1) is 25.4 Å². The number of carboxylic acids is 1. The molecule has 0 heterocycles. The summed E-state index contributed by atoms with van der Waals surface area (Å²) in [5.41, 5.74) is 1.75. The van der Waals surface area contributed by atoms with Crippen LogP contribution >= 0.6 is 0 Å². The van der Waals surface area contributed by atoms with Crippen molar-refractivity contribution in [3.8, 4) is 0 Å². The normalized spacial score (nSPS) is 12.8. The zero-order valence-corrected chi connectivity index (χ0v) is 15.7. The number of methoxy groups -OCH3 is 1. The maximum Gasteiger partial charge on any atom is 0.337 e. The molecule has 0 saturated heterocycles. The van der Waals surface area contributed by atoms with E-state index in [1.807, 2.05) is 30.3 Å². The van der Waals surface area contributed by atoms with Crippen molar-refractivity contribution < 1.29 is 29.3 Å². The van der Waals surface area contributed by atoms with Crippen molar-refractivity contribution in [1.29, 1.82) is 0 Å². The van der Waals surface area contributed by atoms with Crippen molar-refractivity contribution in [3.05, 3.63) is 83.4 Å². The summed E-state index contributed by atoms with van der Waals surface area (Å²) < 4.78 is 10.3. The third kappa shape index (κ3) is 5.77. The molecule has 0 aromatic heterocycles. The monoisotopic (exact) mass is 384 g/mol. The lowest BCUT2D eigenvalue weighted by molar-refractivity contribution is -0.133. The zero-order valence-electron chi connectivity index (χ0n) is 15.7. The van der Waals surface area contributed by atoms with E-state index < -0.39 is 24.0 Å². The van der Waals surface area contributed by atoms with E-state index in [9.17, 15) is 19.8 Å². The van der Waals surface area contributed by atoms with Gasteiger partial charge in [0.25, 0.3) is 0 Å². The first kappa shape index (κ1) is 21.3. The minimum Gasteiger partial charge on any atom is -0.478 e. The summed E-state index contributed by atoms with van der Waals surface area (Å²) in [6, 6.07) is 15.8. The molecule has 0 spiro atoms. The van der Waals surface area contributed by atoms with Crippen molar-refractivity contribution in [3.63, 3.8) is 0 Å². The zero-order chi connectivity index (χ0) is 20.5. The van der Waals surface area contributed by atoms with Gasteiger partial charge in [0.1, 0.15) is 0 Å². The van der Waals surface area contributed by atoms with Crippen LogP contribution in [-0.2, 0) is 20.9 Å². The van der Waals surface area contributed by atoms with E-state index in [1.54, 1.807) is 12.1 Å². The number of carbonyl (C=O) groups is 2. The second-order valence-corrected chi connectivity index (χ2v) is 6.32. The van der Waals surface area contributed by atoms with E-state index in [0.29, 0.717) is 17.7 Å². The minimum absolute atomic E-state index is 0.0899. The van der Waals surface area contributed by atoms with Crippen LogP contribution in [0.1, 0.15) is 34.0 Å². The lowest BCUT2D eigenvalue weighted by atomic mass is 9.87. The summed E-state index contributed by atoms with van der Waals surface area (Å²) >= 11 is 0. The van der Waals surface area contributed by atoms with E-state index in [1.165, 1.54) is 19.2 Å². The second kappa shape index (κ2) is 10.4. The average molecular weight is 384 g/mol. The van der Waals surface area contributed by atoms with E-state index in [4.69, 9.17) is 4.74 Å². The van der Waals surface area contributed by atoms with Gasteiger partial charge in [0, 0.05) is 18.1 Å². The second-order valence-electron chi connectivity index (χ2n) is 6.32. The van der Waals surface area contributed by atoms with Gasteiger partial charge < -0.3 is 19.7 Å². The van der Waals surface area contributed by atoms with E-state index in [0.717, 1.165) is 5.56 Å². The third-order valence-electron chi connectivity index (χ3n) is 4.46. The smallest absolute Gasteiger partial charge is 0.337 e. The van der Waals surface area contributed by atoms with Gasteiger partial charge in [0.2, 0.25) is 0 Å². The molecule has 0 aliphatic rings. The lowest BCUT2D eigenvalue weighted by Gasteiger charge is -2.23. The standard InChI is InChI=1S/C22H24O6/c1-15(21(24)25)19(12-13-28-14-16-6-4-3-5-7-16)20(23)17-8-10-18(11-9-17)22(26)27-2/h3-11,19-20,23H,1,12-14H2,2H3,(H,24,25)/t19-,20-/m1/s1. The van der Waals surface area contributed by atoms with Crippen LogP contribution in [-0.4, -0.2) is 35.9 Å². The van der Waals surface area contributed by atoms with Gasteiger partial charge in [0.15, 0.2) is 0 Å². The van der Waals surface area contributed by atoms with Gasteiger partial charge in [-0.1, -0.05) is 49.0 Å². The molecule has 0 aliphatic heterocycles. The molecular weight excluding hydrogens is 360 g/mol. The fourth-order valence-corrected chi connectivity index (χ4v) is 2.82.